The zero-order valence-corrected chi connectivity index (χ0v) is 10.5. The summed E-state index contributed by atoms with van der Waals surface area (Å²) in [5.74, 6) is 0.269. The molecule has 1 aromatic carbocycles. The maximum atomic E-state index is 11.0. The summed E-state index contributed by atoms with van der Waals surface area (Å²) >= 11 is 0. The van der Waals surface area contributed by atoms with Gasteiger partial charge in [-0.15, -0.1) is 0 Å². The topological polar surface area (TPSA) is 58.9 Å². The Kier molecular flexibility index (Phi) is 3.46. The van der Waals surface area contributed by atoms with Crippen molar-refractivity contribution in [1.29, 1.82) is 0 Å². The van der Waals surface area contributed by atoms with Crippen molar-refractivity contribution in [3.63, 3.8) is 0 Å². The van der Waals surface area contributed by atoms with E-state index in [-0.39, 0.29) is 16.5 Å². The fraction of sp³-hybridized carbons (Fsp3) is 0.286. The van der Waals surface area contributed by atoms with Crippen LogP contribution < -0.4 is 0 Å². The van der Waals surface area contributed by atoms with Gasteiger partial charge in [0.25, 0.3) is 0 Å². The average Bonchev–Trinajstić information content (AvgIpc) is 2.69. The Morgan fingerprint density at radius 2 is 2.17 bits per heavy atom. The highest BCUT2D eigenvalue weighted by Gasteiger charge is 2.13. The van der Waals surface area contributed by atoms with Gasteiger partial charge in [-0.1, -0.05) is 32.0 Å². The zero-order chi connectivity index (χ0) is 13.1. The standard InChI is InChI=1S/C14H16N2O2/c1-10(2)7-13(16(17)18)9-12-8-11-5-3-4-6-14(11)15-12/h3-6,8-10,15H,7H2,1-2H3/b13-9-. The van der Waals surface area contributed by atoms with Gasteiger partial charge < -0.3 is 4.98 Å². The number of hydrogen-bond acceptors (Lipinski definition) is 2. The second kappa shape index (κ2) is 5.04. The SMILES string of the molecule is CC(C)C/C(=C/c1cc2ccccc2[nH]1)[N+](=O)[O-]. The van der Waals surface area contributed by atoms with Crippen LogP contribution in [0.25, 0.3) is 17.0 Å². The molecule has 0 unspecified atom stereocenters. The van der Waals surface area contributed by atoms with Crippen molar-refractivity contribution in [2.24, 2.45) is 5.92 Å². The lowest BCUT2D eigenvalue weighted by Crippen LogP contribution is -2.02. The molecule has 0 radical (unpaired) electrons. The summed E-state index contributed by atoms with van der Waals surface area (Å²) in [7, 11) is 0. The van der Waals surface area contributed by atoms with E-state index < -0.39 is 0 Å². The van der Waals surface area contributed by atoms with E-state index in [1.807, 2.05) is 44.2 Å². The van der Waals surface area contributed by atoms with E-state index >= 15 is 0 Å². The van der Waals surface area contributed by atoms with Crippen LogP contribution in [-0.4, -0.2) is 9.91 Å². The molecule has 18 heavy (non-hydrogen) atoms. The second-order valence-corrected chi connectivity index (χ2v) is 4.80. The van der Waals surface area contributed by atoms with E-state index in [0.717, 1.165) is 16.6 Å². The first-order chi connectivity index (χ1) is 8.56. The lowest BCUT2D eigenvalue weighted by molar-refractivity contribution is -0.427. The van der Waals surface area contributed by atoms with Crippen LogP contribution in [0, 0.1) is 16.0 Å². The summed E-state index contributed by atoms with van der Waals surface area (Å²) in [6.45, 7) is 3.95. The van der Waals surface area contributed by atoms with Crippen molar-refractivity contribution in [2.75, 3.05) is 0 Å². The van der Waals surface area contributed by atoms with Crippen LogP contribution >= 0.6 is 0 Å². The first kappa shape index (κ1) is 12.4. The number of hydrogen-bond donors (Lipinski definition) is 1. The maximum Gasteiger partial charge on any atom is 0.248 e. The molecule has 0 bridgehead atoms. The molecule has 0 aliphatic carbocycles. The largest absolute Gasteiger partial charge is 0.355 e. The molecule has 4 nitrogen and oxygen atoms in total. The number of aromatic nitrogens is 1. The molecule has 0 aliphatic rings. The van der Waals surface area contributed by atoms with Gasteiger partial charge in [0.2, 0.25) is 5.70 Å². The Hall–Kier alpha value is -2.10. The number of aromatic amines is 1. The smallest absolute Gasteiger partial charge is 0.248 e. The Labute approximate surface area is 105 Å². The van der Waals surface area contributed by atoms with Crippen molar-refractivity contribution in [3.05, 3.63) is 51.8 Å². The summed E-state index contributed by atoms with van der Waals surface area (Å²) in [6.07, 6.45) is 2.10. The maximum absolute atomic E-state index is 11.0. The summed E-state index contributed by atoms with van der Waals surface area (Å²) in [4.78, 5) is 13.9. The minimum atomic E-state index is -0.300. The second-order valence-electron chi connectivity index (χ2n) is 4.80. The van der Waals surface area contributed by atoms with E-state index in [9.17, 15) is 10.1 Å². The van der Waals surface area contributed by atoms with Crippen LogP contribution in [0.15, 0.2) is 36.0 Å². The minimum absolute atomic E-state index is 0.247. The van der Waals surface area contributed by atoms with Crippen LogP contribution in [0.1, 0.15) is 26.0 Å². The summed E-state index contributed by atoms with van der Waals surface area (Å²) < 4.78 is 0. The molecule has 1 aromatic heterocycles. The van der Waals surface area contributed by atoms with Gasteiger partial charge in [-0.05, 0) is 23.4 Å². The molecule has 0 saturated heterocycles. The summed E-state index contributed by atoms with van der Waals surface area (Å²) in [5.41, 5.74) is 2.02. The van der Waals surface area contributed by atoms with E-state index in [4.69, 9.17) is 0 Å². The number of rotatable bonds is 4. The molecular formula is C14H16N2O2. The molecular weight excluding hydrogens is 228 g/mol. The highest BCUT2D eigenvalue weighted by molar-refractivity contribution is 5.82. The molecule has 94 valence electrons. The van der Waals surface area contributed by atoms with Crippen LogP contribution in [0.2, 0.25) is 0 Å². The molecule has 4 heteroatoms. The average molecular weight is 244 g/mol. The van der Waals surface area contributed by atoms with Gasteiger partial charge in [-0.2, -0.15) is 0 Å². The monoisotopic (exact) mass is 244 g/mol. The molecule has 0 saturated carbocycles. The normalized spacial score (nSPS) is 12.3. The van der Waals surface area contributed by atoms with E-state index in [0.29, 0.717) is 6.42 Å². The Morgan fingerprint density at radius 3 is 2.78 bits per heavy atom. The quantitative estimate of drug-likeness (QED) is 0.656. The number of nitrogens with zero attached hydrogens (tertiary/aromatic N) is 1. The number of para-hydroxylation sites is 1. The molecule has 0 amide bonds. The fourth-order valence-corrected chi connectivity index (χ4v) is 1.96. The number of nitro groups is 1. The van der Waals surface area contributed by atoms with Crippen LogP contribution in [0.3, 0.4) is 0 Å². The number of allylic oxidation sites excluding steroid dienone is 1. The molecule has 0 aliphatic heterocycles. The molecule has 1 heterocycles. The number of nitrogens with one attached hydrogen (secondary N) is 1. The van der Waals surface area contributed by atoms with Crippen molar-refractivity contribution in [2.45, 2.75) is 20.3 Å². The molecule has 0 spiro atoms. The third-order valence-electron chi connectivity index (χ3n) is 2.72. The molecule has 2 rings (SSSR count). The van der Waals surface area contributed by atoms with Gasteiger partial charge in [-0.25, -0.2) is 0 Å². The van der Waals surface area contributed by atoms with E-state index in [2.05, 4.69) is 4.98 Å². The van der Waals surface area contributed by atoms with Crippen molar-refractivity contribution >= 4 is 17.0 Å². The van der Waals surface area contributed by atoms with Gasteiger partial charge in [0.15, 0.2) is 0 Å². The number of fused-ring (bicyclic) bond motifs is 1. The number of H-pyrrole nitrogens is 1. The Balaban J connectivity index is 2.36. The molecule has 1 N–H and O–H groups in total. The van der Waals surface area contributed by atoms with Crippen molar-refractivity contribution in [3.8, 4) is 0 Å². The fourth-order valence-electron chi connectivity index (χ4n) is 1.96. The highest BCUT2D eigenvalue weighted by Crippen LogP contribution is 2.19. The van der Waals surface area contributed by atoms with Gasteiger partial charge >= 0.3 is 0 Å². The molecule has 2 aromatic rings. The summed E-state index contributed by atoms with van der Waals surface area (Å²) in [5, 5.41) is 12.0. The zero-order valence-electron chi connectivity index (χ0n) is 10.5. The highest BCUT2D eigenvalue weighted by atomic mass is 16.6. The summed E-state index contributed by atoms with van der Waals surface area (Å²) in [6, 6.07) is 9.76. The van der Waals surface area contributed by atoms with Crippen molar-refractivity contribution < 1.29 is 4.92 Å². The third kappa shape index (κ3) is 2.77. The minimum Gasteiger partial charge on any atom is -0.355 e. The lowest BCUT2D eigenvalue weighted by Gasteiger charge is -2.01. The van der Waals surface area contributed by atoms with Crippen molar-refractivity contribution in [1.82, 2.24) is 4.98 Å². The predicted molar refractivity (Wildman–Crippen MR) is 72.7 cm³/mol. The molecule has 0 atom stereocenters. The first-order valence-electron chi connectivity index (χ1n) is 5.99. The molecule has 0 fully saturated rings. The van der Waals surface area contributed by atoms with E-state index in [1.54, 1.807) is 6.08 Å². The van der Waals surface area contributed by atoms with Gasteiger partial charge in [0, 0.05) is 23.7 Å². The van der Waals surface area contributed by atoms with Gasteiger partial charge in [0.1, 0.15) is 0 Å². The predicted octanol–water partition coefficient (Wildman–Crippen LogP) is 3.83. The number of benzene rings is 1. The van der Waals surface area contributed by atoms with E-state index in [1.165, 1.54) is 0 Å². The lowest BCUT2D eigenvalue weighted by atomic mass is 10.1. The first-order valence-corrected chi connectivity index (χ1v) is 5.99. The van der Waals surface area contributed by atoms with Gasteiger partial charge in [0.05, 0.1) is 4.92 Å². The van der Waals surface area contributed by atoms with Crippen LogP contribution in [0.4, 0.5) is 0 Å². The Bertz CT molecular complexity index is 564. The van der Waals surface area contributed by atoms with Gasteiger partial charge in [-0.3, -0.25) is 10.1 Å². The third-order valence-corrected chi connectivity index (χ3v) is 2.72. The Morgan fingerprint density at radius 1 is 1.44 bits per heavy atom. The van der Waals surface area contributed by atoms with Crippen LogP contribution in [-0.2, 0) is 0 Å². The van der Waals surface area contributed by atoms with Crippen LogP contribution in [0.5, 0.6) is 0 Å².